The van der Waals surface area contributed by atoms with E-state index in [-0.39, 0.29) is 22.2 Å². The summed E-state index contributed by atoms with van der Waals surface area (Å²) in [6.07, 6.45) is 2.58. The van der Waals surface area contributed by atoms with Crippen LogP contribution >= 0.6 is 11.8 Å². The van der Waals surface area contributed by atoms with Crippen LogP contribution in [0.1, 0.15) is 5.56 Å². The van der Waals surface area contributed by atoms with Crippen LogP contribution in [0.5, 0.6) is 11.6 Å². The molecule has 1 aliphatic rings. The Balaban J connectivity index is 1.38. The van der Waals surface area contributed by atoms with Crippen LogP contribution in [0.3, 0.4) is 0 Å². The number of hydrogen-bond acceptors (Lipinski definition) is 8. The van der Waals surface area contributed by atoms with Crippen molar-refractivity contribution in [3.8, 4) is 11.6 Å². The molecule has 0 saturated carbocycles. The van der Waals surface area contributed by atoms with E-state index in [1.165, 1.54) is 36.4 Å². The molecule has 1 saturated heterocycles. The monoisotopic (exact) mass is 494 g/mol. The zero-order valence-electron chi connectivity index (χ0n) is 17.7. The number of nitrogens with zero attached hydrogens (tertiary/aromatic N) is 3. The molecule has 1 aromatic heterocycles. The number of nitro groups is 1. The Kier molecular flexibility index (Phi) is 6.83. The fraction of sp³-hybridized carbons (Fsp3) is 0.0435. The second kappa shape index (κ2) is 10.1. The van der Waals surface area contributed by atoms with Crippen LogP contribution in [-0.4, -0.2) is 38.4 Å². The van der Waals surface area contributed by atoms with Crippen molar-refractivity contribution in [3.05, 3.63) is 93.3 Å². The Bertz CT molecular complexity index is 1340. The number of imide groups is 1. The molecular weight excluding hydrogens is 479 g/mol. The molecule has 2 aromatic carbocycles. The average Bonchev–Trinajstić information content (AvgIpc) is 3.08. The molecule has 0 bridgehead atoms. The second-order valence-electron chi connectivity index (χ2n) is 7.11. The molecule has 4 rings (SSSR count). The average molecular weight is 494 g/mol. The lowest BCUT2D eigenvalue weighted by atomic mass is 10.2. The minimum absolute atomic E-state index is 0.138. The van der Waals surface area contributed by atoms with Gasteiger partial charge in [-0.1, -0.05) is 18.2 Å². The minimum Gasteiger partial charge on any atom is -0.439 e. The van der Waals surface area contributed by atoms with Gasteiger partial charge < -0.3 is 10.1 Å². The summed E-state index contributed by atoms with van der Waals surface area (Å²) in [4.78, 5) is 52.1. The van der Waals surface area contributed by atoms with Crippen LogP contribution in [0, 0.1) is 15.9 Å². The van der Waals surface area contributed by atoms with Crippen molar-refractivity contribution in [1.82, 2.24) is 9.88 Å². The lowest BCUT2D eigenvalue weighted by Crippen LogP contribution is -2.36. The number of carbonyl (C=O) groups is 3. The van der Waals surface area contributed by atoms with Gasteiger partial charge in [0.05, 0.1) is 9.83 Å². The first-order valence-electron chi connectivity index (χ1n) is 9.97. The zero-order valence-corrected chi connectivity index (χ0v) is 18.5. The van der Waals surface area contributed by atoms with E-state index in [4.69, 9.17) is 4.74 Å². The first-order chi connectivity index (χ1) is 16.8. The molecule has 2 heterocycles. The number of pyridine rings is 1. The summed E-state index contributed by atoms with van der Waals surface area (Å²) < 4.78 is 18.8. The molecule has 1 fully saturated rings. The van der Waals surface area contributed by atoms with E-state index in [1.54, 1.807) is 24.3 Å². The van der Waals surface area contributed by atoms with Gasteiger partial charge in [0.15, 0.2) is 0 Å². The number of amides is 3. The molecule has 12 heteroatoms. The van der Waals surface area contributed by atoms with Gasteiger partial charge in [-0.3, -0.25) is 29.4 Å². The fourth-order valence-corrected chi connectivity index (χ4v) is 3.83. The molecule has 1 aliphatic heterocycles. The van der Waals surface area contributed by atoms with Crippen LogP contribution in [0.15, 0.2) is 71.8 Å². The molecule has 0 spiro atoms. The molecule has 3 aromatic rings. The summed E-state index contributed by atoms with van der Waals surface area (Å²) in [6, 6.07) is 14.4. The van der Waals surface area contributed by atoms with E-state index in [2.05, 4.69) is 10.3 Å². The van der Waals surface area contributed by atoms with Crippen LogP contribution in [0.2, 0.25) is 0 Å². The lowest BCUT2D eigenvalue weighted by molar-refractivity contribution is -0.385. The summed E-state index contributed by atoms with van der Waals surface area (Å²) in [6.45, 7) is -0.506. The van der Waals surface area contributed by atoms with Gasteiger partial charge in [0.2, 0.25) is 11.8 Å². The predicted octanol–water partition coefficient (Wildman–Crippen LogP) is 4.60. The van der Waals surface area contributed by atoms with Crippen molar-refractivity contribution in [2.45, 2.75) is 0 Å². The number of nitrogens with one attached hydrogen (secondary N) is 1. The summed E-state index contributed by atoms with van der Waals surface area (Å²) in [7, 11) is 0. The highest BCUT2D eigenvalue weighted by molar-refractivity contribution is 8.18. The fourth-order valence-electron chi connectivity index (χ4n) is 2.99. The Morgan fingerprint density at radius 1 is 1.17 bits per heavy atom. The van der Waals surface area contributed by atoms with Gasteiger partial charge in [0.25, 0.3) is 16.8 Å². The highest BCUT2D eigenvalue weighted by Gasteiger charge is 2.36. The largest absolute Gasteiger partial charge is 0.439 e. The summed E-state index contributed by atoms with van der Waals surface area (Å²) in [5.74, 6) is -1.21. The molecule has 3 amide bonds. The SMILES string of the molecule is O=C(CN1C(=O)S/C(=C/c2ccc(Oc3ccc([N+](=O)[O-])cn3)cc2)C1=O)Nc1cccc(F)c1. The van der Waals surface area contributed by atoms with Gasteiger partial charge >= 0.3 is 0 Å². The molecule has 0 aliphatic carbocycles. The number of aromatic nitrogens is 1. The van der Waals surface area contributed by atoms with Gasteiger partial charge in [-0.05, 0) is 53.7 Å². The van der Waals surface area contributed by atoms with E-state index in [0.717, 1.165) is 17.2 Å². The zero-order chi connectivity index (χ0) is 24.9. The first kappa shape index (κ1) is 23.6. The standard InChI is InChI=1S/C23H15FN4O6S/c24-15-2-1-3-16(11-15)26-20(29)13-27-22(30)19(35-23(27)31)10-14-4-7-18(8-5-14)34-21-9-6-17(12-25-21)28(32)33/h1-12H,13H2,(H,26,29)/b19-10+. The Morgan fingerprint density at radius 2 is 1.94 bits per heavy atom. The predicted molar refractivity (Wildman–Crippen MR) is 125 cm³/mol. The third-order valence-corrected chi connectivity index (χ3v) is 5.52. The smallest absolute Gasteiger partial charge is 0.294 e. The number of rotatable bonds is 7. The number of thioether (sulfide) groups is 1. The van der Waals surface area contributed by atoms with Crippen molar-refractivity contribution in [3.63, 3.8) is 0 Å². The highest BCUT2D eigenvalue weighted by Crippen LogP contribution is 2.32. The Hall–Kier alpha value is -4.58. The number of anilines is 1. The van der Waals surface area contributed by atoms with E-state index in [1.807, 2.05) is 0 Å². The van der Waals surface area contributed by atoms with E-state index < -0.39 is 34.3 Å². The number of ether oxygens (including phenoxy) is 1. The van der Waals surface area contributed by atoms with Gasteiger partial charge in [-0.2, -0.15) is 0 Å². The maximum atomic E-state index is 13.3. The van der Waals surface area contributed by atoms with E-state index in [9.17, 15) is 28.9 Å². The topological polar surface area (TPSA) is 132 Å². The lowest BCUT2D eigenvalue weighted by Gasteiger charge is -2.12. The highest BCUT2D eigenvalue weighted by atomic mass is 32.2. The van der Waals surface area contributed by atoms with Gasteiger partial charge in [0, 0.05) is 17.8 Å². The number of benzene rings is 2. The quantitative estimate of drug-likeness (QED) is 0.286. The molecule has 0 unspecified atom stereocenters. The van der Waals surface area contributed by atoms with Gasteiger partial charge in [-0.15, -0.1) is 0 Å². The van der Waals surface area contributed by atoms with Crippen molar-refractivity contribution >= 4 is 46.3 Å². The maximum Gasteiger partial charge on any atom is 0.294 e. The number of hydrogen-bond donors (Lipinski definition) is 1. The molecule has 0 radical (unpaired) electrons. The van der Waals surface area contributed by atoms with Crippen molar-refractivity contribution in [1.29, 1.82) is 0 Å². The van der Waals surface area contributed by atoms with Crippen molar-refractivity contribution in [2.75, 3.05) is 11.9 Å². The summed E-state index contributed by atoms with van der Waals surface area (Å²) in [5, 5.41) is 12.5. The van der Waals surface area contributed by atoms with Crippen molar-refractivity contribution in [2.24, 2.45) is 0 Å². The Labute approximate surface area is 201 Å². The number of halogens is 1. The van der Waals surface area contributed by atoms with Gasteiger partial charge in [0.1, 0.15) is 24.3 Å². The van der Waals surface area contributed by atoms with Crippen LogP contribution in [-0.2, 0) is 9.59 Å². The minimum atomic E-state index is -0.638. The molecular formula is C23H15FN4O6S. The van der Waals surface area contributed by atoms with Gasteiger partial charge in [-0.25, -0.2) is 9.37 Å². The van der Waals surface area contributed by atoms with Crippen LogP contribution in [0.4, 0.5) is 20.6 Å². The van der Waals surface area contributed by atoms with Crippen LogP contribution < -0.4 is 10.1 Å². The van der Waals surface area contributed by atoms with E-state index >= 15 is 0 Å². The molecule has 0 atom stereocenters. The third kappa shape index (κ3) is 5.86. The van der Waals surface area contributed by atoms with E-state index in [0.29, 0.717) is 23.1 Å². The molecule has 35 heavy (non-hydrogen) atoms. The second-order valence-corrected chi connectivity index (χ2v) is 8.10. The molecule has 1 N–H and O–H groups in total. The number of carbonyl (C=O) groups excluding carboxylic acids is 3. The van der Waals surface area contributed by atoms with Crippen LogP contribution in [0.25, 0.3) is 6.08 Å². The maximum absolute atomic E-state index is 13.3. The molecule has 176 valence electrons. The first-order valence-corrected chi connectivity index (χ1v) is 10.8. The molecule has 10 nitrogen and oxygen atoms in total. The van der Waals surface area contributed by atoms with Crippen molar-refractivity contribution < 1.29 is 28.4 Å². The Morgan fingerprint density at radius 3 is 2.60 bits per heavy atom. The normalized spacial score (nSPS) is 14.3. The summed E-state index contributed by atoms with van der Waals surface area (Å²) >= 11 is 0.700. The third-order valence-electron chi connectivity index (χ3n) is 4.62. The summed E-state index contributed by atoms with van der Waals surface area (Å²) in [5.41, 5.74) is 0.653.